The molecule has 0 unspecified atom stereocenters. The van der Waals surface area contributed by atoms with Crippen LogP contribution in [-0.2, 0) is 13.1 Å². The van der Waals surface area contributed by atoms with Crippen LogP contribution in [0.1, 0.15) is 37.1 Å². The van der Waals surface area contributed by atoms with Gasteiger partial charge in [0, 0.05) is 18.8 Å². The first kappa shape index (κ1) is 19.7. The zero-order valence-corrected chi connectivity index (χ0v) is 15.6. The monoisotopic (exact) mass is 409 g/mol. The van der Waals surface area contributed by atoms with Crippen molar-refractivity contribution in [2.24, 2.45) is 5.10 Å². The number of thiocarbonyl (C=S) groups is 1. The minimum atomic E-state index is 0.714. The third-order valence-corrected chi connectivity index (χ3v) is 3.51. The molecule has 1 N–H and O–H groups in total. The second kappa shape index (κ2) is 12.1. The van der Waals surface area contributed by atoms with Gasteiger partial charge in [-0.1, -0.05) is 18.9 Å². The molecule has 0 aromatic carbocycles. The van der Waals surface area contributed by atoms with Gasteiger partial charge >= 0.3 is 33.3 Å². The number of pyridine rings is 1. The summed E-state index contributed by atoms with van der Waals surface area (Å²) in [5.74, 6) is 0. The van der Waals surface area contributed by atoms with E-state index < -0.39 is 0 Å². The molecule has 0 aliphatic carbocycles. The van der Waals surface area contributed by atoms with Crippen molar-refractivity contribution in [1.29, 1.82) is 0 Å². The van der Waals surface area contributed by atoms with Crippen LogP contribution in [0, 0.1) is 6.92 Å². The molecule has 127 valence electrons. The normalized spacial score (nSPS) is 15.1. The standard InChI is InChI=1S/C14H20N4S.2ClH.Cu/c1-12-7-6-8-13(16-12)11-15-17-14(19)18-9-4-2-3-5-10-18;;;/h6-8,11H,2-5,9-10H2,1H3,(H,17,19);2*1H;/q;;;+2/p-2/b15-11+;;;. The first-order valence-corrected chi connectivity index (χ1v) is 10.00. The minimum absolute atomic E-state index is 0.714. The van der Waals surface area contributed by atoms with E-state index in [9.17, 15) is 0 Å². The van der Waals surface area contributed by atoms with Crippen LogP contribution in [0.3, 0.4) is 0 Å². The Morgan fingerprint density at radius 1 is 1.32 bits per heavy atom. The fourth-order valence-corrected chi connectivity index (χ4v) is 2.37. The Balaban J connectivity index is 0.000000745. The Bertz CT molecular complexity index is 480. The Labute approximate surface area is 152 Å². The van der Waals surface area contributed by atoms with Crippen LogP contribution in [0.2, 0.25) is 0 Å². The van der Waals surface area contributed by atoms with Crippen LogP contribution in [0.15, 0.2) is 23.3 Å². The molecule has 0 amide bonds. The van der Waals surface area contributed by atoms with E-state index in [1.54, 1.807) is 6.21 Å². The number of hydrogen-bond donors (Lipinski definition) is 1. The number of rotatable bonds is 2. The first-order valence-electron chi connectivity index (χ1n) is 7.00. The quantitative estimate of drug-likeness (QED) is 0.348. The molecule has 1 aliphatic rings. The van der Waals surface area contributed by atoms with Crippen LogP contribution in [0.25, 0.3) is 0 Å². The first-order chi connectivity index (χ1) is 10.7. The summed E-state index contributed by atoms with van der Waals surface area (Å²) in [7, 11) is 9.34. The van der Waals surface area contributed by atoms with E-state index in [-0.39, 0.29) is 0 Å². The van der Waals surface area contributed by atoms with Crippen molar-refractivity contribution >= 4 is 43.7 Å². The van der Waals surface area contributed by atoms with E-state index in [4.69, 9.17) is 12.2 Å². The average molecular weight is 411 g/mol. The third kappa shape index (κ3) is 8.30. The Morgan fingerprint density at radius 2 is 1.95 bits per heavy atom. The second-order valence-electron chi connectivity index (χ2n) is 4.82. The molecule has 2 rings (SSSR count). The van der Waals surface area contributed by atoms with Crippen molar-refractivity contribution in [2.45, 2.75) is 32.6 Å². The molecule has 1 aromatic heterocycles. The molecule has 1 saturated heterocycles. The van der Waals surface area contributed by atoms with E-state index in [1.165, 1.54) is 25.7 Å². The molecular formula is C14H20Cl2CuN4S. The summed E-state index contributed by atoms with van der Waals surface area (Å²) < 4.78 is 0. The topological polar surface area (TPSA) is 40.5 Å². The number of likely N-dealkylation sites (tertiary alicyclic amines) is 1. The van der Waals surface area contributed by atoms with Crippen LogP contribution < -0.4 is 5.43 Å². The molecule has 2 heterocycles. The number of hydrogen-bond acceptors (Lipinski definition) is 3. The summed E-state index contributed by atoms with van der Waals surface area (Å²) in [5.41, 5.74) is 4.76. The summed E-state index contributed by atoms with van der Waals surface area (Å²) >= 11 is 6.11. The summed E-state index contributed by atoms with van der Waals surface area (Å²) in [4.78, 5) is 6.55. The van der Waals surface area contributed by atoms with Crippen LogP contribution in [-0.4, -0.2) is 34.3 Å². The van der Waals surface area contributed by atoms with Gasteiger partial charge in [0.1, 0.15) is 0 Å². The maximum absolute atomic E-state index is 5.36. The van der Waals surface area contributed by atoms with Crippen molar-refractivity contribution in [3.05, 3.63) is 29.6 Å². The van der Waals surface area contributed by atoms with Crippen molar-refractivity contribution in [3.8, 4) is 0 Å². The summed E-state index contributed by atoms with van der Waals surface area (Å²) in [6, 6.07) is 5.86. The summed E-state index contributed by atoms with van der Waals surface area (Å²) in [5, 5.41) is 4.88. The van der Waals surface area contributed by atoms with Crippen molar-refractivity contribution in [3.63, 3.8) is 0 Å². The average Bonchev–Trinajstić information content (AvgIpc) is 2.77. The number of halogens is 2. The number of hydrazone groups is 1. The zero-order valence-electron chi connectivity index (χ0n) is 12.4. The van der Waals surface area contributed by atoms with Crippen LogP contribution in [0.5, 0.6) is 0 Å². The number of aromatic nitrogens is 1. The van der Waals surface area contributed by atoms with Gasteiger partial charge in [-0.25, -0.2) is 0 Å². The Hall–Kier alpha value is -0.391. The Morgan fingerprint density at radius 3 is 2.55 bits per heavy atom. The number of aryl methyl sites for hydroxylation is 1. The van der Waals surface area contributed by atoms with Gasteiger partial charge < -0.3 is 4.90 Å². The molecular weight excluding hydrogens is 391 g/mol. The maximum atomic E-state index is 5.36. The van der Waals surface area contributed by atoms with E-state index in [0.29, 0.717) is 5.11 Å². The van der Waals surface area contributed by atoms with Gasteiger partial charge in [-0.2, -0.15) is 5.10 Å². The molecule has 0 atom stereocenters. The fourth-order valence-electron chi connectivity index (χ4n) is 2.13. The fraction of sp³-hybridized carbons (Fsp3) is 0.500. The molecule has 0 radical (unpaired) electrons. The van der Waals surface area contributed by atoms with E-state index in [1.807, 2.05) is 25.1 Å². The molecule has 0 spiro atoms. The van der Waals surface area contributed by atoms with Gasteiger partial charge in [0.05, 0.1) is 11.9 Å². The van der Waals surface area contributed by atoms with E-state index in [0.717, 1.165) is 37.6 Å². The molecule has 8 heteroatoms. The van der Waals surface area contributed by atoms with Crippen molar-refractivity contribution < 1.29 is 13.1 Å². The number of nitrogens with zero attached hydrogens (tertiary/aromatic N) is 3. The number of nitrogens with one attached hydrogen (secondary N) is 1. The predicted molar refractivity (Wildman–Crippen MR) is 94.0 cm³/mol. The molecule has 1 aromatic rings. The van der Waals surface area contributed by atoms with Gasteiger partial charge in [-0.15, -0.1) is 0 Å². The van der Waals surface area contributed by atoms with E-state index >= 15 is 0 Å². The predicted octanol–water partition coefficient (Wildman–Crippen LogP) is 3.85. The van der Waals surface area contributed by atoms with E-state index in [2.05, 4.69) is 40.6 Å². The summed E-state index contributed by atoms with van der Waals surface area (Å²) in [6.45, 7) is 4.03. The van der Waals surface area contributed by atoms with Crippen molar-refractivity contribution in [1.82, 2.24) is 15.3 Å². The van der Waals surface area contributed by atoms with Gasteiger partial charge in [0.15, 0.2) is 5.11 Å². The molecule has 0 saturated carbocycles. The van der Waals surface area contributed by atoms with Crippen molar-refractivity contribution in [2.75, 3.05) is 13.1 Å². The second-order valence-corrected chi connectivity index (χ2v) is 6.77. The molecule has 22 heavy (non-hydrogen) atoms. The molecule has 0 bridgehead atoms. The summed E-state index contributed by atoms with van der Waals surface area (Å²) in [6.07, 6.45) is 6.73. The molecule has 4 nitrogen and oxygen atoms in total. The zero-order chi connectivity index (χ0) is 16.2. The van der Waals surface area contributed by atoms with Gasteiger partial charge in [-0.05, 0) is 44.1 Å². The Kier molecular flexibility index (Phi) is 10.8. The van der Waals surface area contributed by atoms with Gasteiger partial charge in [0.2, 0.25) is 0 Å². The van der Waals surface area contributed by atoms with Crippen LogP contribution in [0.4, 0.5) is 0 Å². The molecule has 1 aliphatic heterocycles. The van der Waals surface area contributed by atoms with Gasteiger partial charge in [0.25, 0.3) is 0 Å². The van der Waals surface area contributed by atoms with Gasteiger partial charge in [-0.3, -0.25) is 10.4 Å². The van der Waals surface area contributed by atoms with Crippen LogP contribution >= 0.6 is 32.4 Å². The third-order valence-electron chi connectivity index (χ3n) is 3.16. The SMILES string of the molecule is Cc1cccc(/C=N/NC(=S)N2CCCCCC2)n1.[Cl][Cu][Cl]. The molecule has 1 fully saturated rings.